The van der Waals surface area contributed by atoms with Crippen molar-refractivity contribution in [2.75, 3.05) is 0 Å². The van der Waals surface area contributed by atoms with E-state index in [9.17, 15) is 24.9 Å². The van der Waals surface area contributed by atoms with Crippen LogP contribution < -0.4 is 0 Å². The van der Waals surface area contributed by atoms with Crippen LogP contribution in [0.25, 0.3) is 11.1 Å². The van der Waals surface area contributed by atoms with Crippen molar-refractivity contribution in [1.82, 2.24) is 0 Å². The van der Waals surface area contributed by atoms with Crippen molar-refractivity contribution in [3.8, 4) is 11.1 Å². The van der Waals surface area contributed by atoms with Crippen LogP contribution in [-0.4, -0.2) is 27.4 Å². The first-order chi connectivity index (χ1) is 23.6. The number of benzene rings is 4. The Kier molecular flexibility index (Phi) is 11.2. The first-order valence-electron chi connectivity index (χ1n) is 17.6. The zero-order valence-corrected chi connectivity index (χ0v) is 29.1. The van der Waals surface area contributed by atoms with E-state index in [-0.39, 0.29) is 23.0 Å². The summed E-state index contributed by atoms with van der Waals surface area (Å²) in [5.74, 6) is -0.525. The summed E-state index contributed by atoms with van der Waals surface area (Å²) in [6.07, 6.45) is 10.4. The number of non-ortho nitro benzene ring substituents is 1. The van der Waals surface area contributed by atoms with Crippen LogP contribution in [0.5, 0.6) is 0 Å². The van der Waals surface area contributed by atoms with Crippen LogP contribution >= 0.6 is 0 Å². The molecule has 0 amide bonds. The fourth-order valence-corrected chi connectivity index (χ4v) is 7.40. The Morgan fingerprint density at radius 3 is 1.82 bits per heavy atom. The normalized spacial score (nSPS) is 13.2. The highest BCUT2D eigenvalue weighted by Crippen LogP contribution is 2.55. The molecule has 7 nitrogen and oxygen atoms in total. The maximum atomic E-state index is 14.1. The number of oxime groups is 1. The SMILES string of the molecule is CCCCCCC1(CCCCCC)c2cc(C(=O)/C(=N/O)c3cc(C)ccc3C)ccc2-c2ccc(C(=O)c3ccc([N+](=O)[O-])cc3)cc21. The summed E-state index contributed by atoms with van der Waals surface area (Å²) in [6.45, 7) is 8.25. The van der Waals surface area contributed by atoms with Gasteiger partial charge in [-0.05, 0) is 84.8 Å². The van der Waals surface area contributed by atoms with Gasteiger partial charge in [0.2, 0.25) is 5.78 Å². The van der Waals surface area contributed by atoms with E-state index in [2.05, 4.69) is 19.0 Å². The quantitative estimate of drug-likeness (QED) is 0.0322. The molecule has 1 aliphatic rings. The Bertz CT molecular complexity index is 1880. The average Bonchev–Trinajstić information content (AvgIpc) is 3.38. The molecule has 5 rings (SSSR count). The lowest BCUT2D eigenvalue weighted by atomic mass is 9.70. The summed E-state index contributed by atoms with van der Waals surface area (Å²) in [5.41, 5.74) is 7.67. The van der Waals surface area contributed by atoms with E-state index in [0.717, 1.165) is 97.6 Å². The van der Waals surface area contributed by atoms with Crippen molar-refractivity contribution in [2.45, 2.75) is 97.3 Å². The standard InChI is InChI=1S/C42H46N2O5/c1-5-7-9-11-23-42(24-12-10-8-6-2)37-26-31(40(45)30-15-19-33(20-16-30)44(48)49)17-21-34(37)35-22-18-32(27-38(35)42)41(46)39(43-47)36-25-28(3)13-14-29(36)4/h13-22,25-27,47H,5-12,23-24H2,1-4H3/b43-39+. The second-order valence-corrected chi connectivity index (χ2v) is 13.5. The van der Waals surface area contributed by atoms with Gasteiger partial charge in [0, 0.05) is 39.8 Å². The second kappa shape index (κ2) is 15.5. The molecule has 0 radical (unpaired) electrons. The fraction of sp³-hybridized carbons (Fsp3) is 0.357. The van der Waals surface area contributed by atoms with Gasteiger partial charge in [0.1, 0.15) is 0 Å². The van der Waals surface area contributed by atoms with Crippen molar-refractivity contribution in [3.05, 3.63) is 133 Å². The number of carbonyl (C=O) groups is 2. The Morgan fingerprint density at radius 1 is 0.714 bits per heavy atom. The van der Waals surface area contributed by atoms with Gasteiger partial charge < -0.3 is 5.21 Å². The smallest absolute Gasteiger partial charge is 0.269 e. The summed E-state index contributed by atoms with van der Waals surface area (Å²) < 4.78 is 0. The van der Waals surface area contributed by atoms with Crippen molar-refractivity contribution < 1.29 is 19.7 Å². The number of unbranched alkanes of at least 4 members (excludes halogenated alkanes) is 6. The fourth-order valence-electron chi connectivity index (χ4n) is 7.40. The molecule has 49 heavy (non-hydrogen) atoms. The first-order valence-corrected chi connectivity index (χ1v) is 17.6. The van der Waals surface area contributed by atoms with Gasteiger partial charge >= 0.3 is 0 Å². The molecule has 0 spiro atoms. The molecular formula is C42H46N2O5. The molecule has 0 aromatic heterocycles. The third-order valence-corrected chi connectivity index (χ3v) is 10.1. The topological polar surface area (TPSA) is 110 Å². The maximum Gasteiger partial charge on any atom is 0.269 e. The van der Waals surface area contributed by atoms with Crippen LogP contribution in [0.2, 0.25) is 0 Å². The van der Waals surface area contributed by atoms with Crippen LogP contribution in [0.4, 0.5) is 5.69 Å². The lowest BCUT2D eigenvalue weighted by Gasteiger charge is -2.33. The molecule has 1 aliphatic carbocycles. The molecule has 4 aromatic carbocycles. The lowest BCUT2D eigenvalue weighted by Crippen LogP contribution is -2.27. The van der Waals surface area contributed by atoms with E-state index >= 15 is 0 Å². The van der Waals surface area contributed by atoms with Gasteiger partial charge in [-0.1, -0.05) is 112 Å². The Labute approximate surface area is 289 Å². The third kappa shape index (κ3) is 7.26. The molecule has 0 saturated heterocycles. The molecular weight excluding hydrogens is 612 g/mol. The molecule has 7 heteroatoms. The number of nitrogens with zero attached hydrogens (tertiary/aromatic N) is 2. The van der Waals surface area contributed by atoms with Gasteiger partial charge in [-0.2, -0.15) is 0 Å². The maximum absolute atomic E-state index is 14.1. The molecule has 0 heterocycles. The molecule has 0 bridgehead atoms. The lowest BCUT2D eigenvalue weighted by molar-refractivity contribution is -0.384. The summed E-state index contributed by atoms with van der Waals surface area (Å²) >= 11 is 0. The number of ketones is 2. The predicted molar refractivity (Wildman–Crippen MR) is 195 cm³/mol. The van der Waals surface area contributed by atoms with E-state index in [1.54, 1.807) is 0 Å². The highest BCUT2D eigenvalue weighted by atomic mass is 16.6. The molecule has 254 valence electrons. The van der Waals surface area contributed by atoms with Gasteiger partial charge in [0.15, 0.2) is 11.5 Å². The van der Waals surface area contributed by atoms with E-state index in [4.69, 9.17) is 0 Å². The number of rotatable bonds is 16. The second-order valence-electron chi connectivity index (χ2n) is 13.5. The van der Waals surface area contributed by atoms with E-state index < -0.39 is 10.3 Å². The average molecular weight is 659 g/mol. The molecule has 0 aliphatic heterocycles. The minimum Gasteiger partial charge on any atom is -0.410 e. The number of nitro groups is 1. The minimum absolute atomic E-state index is 0.0177. The number of fused-ring (bicyclic) bond motifs is 3. The third-order valence-electron chi connectivity index (χ3n) is 10.1. The number of aryl methyl sites for hydroxylation is 2. The predicted octanol–water partition coefficient (Wildman–Crippen LogP) is 10.7. The van der Waals surface area contributed by atoms with Gasteiger partial charge in [-0.25, -0.2) is 0 Å². The minimum atomic E-state index is -0.470. The summed E-state index contributed by atoms with van der Waals surface area (Å²) in [4.78, 5) is 38.7. The van der Waals surface area contributed by atoms with E-state index in [1.165, 1.54) is 24.3 Å². The van der Waals surface area contributed by atoms with Crippen LogP contribution in [0, 0.1) is 24.0 Å². The molecule has 4 aromatic rings. The molecule has 0 atom stereocenters. The molecule has 0 unspecified atom stereocenters. The first kappa shape index (κ1) is 35.4. The molecule has 0 saturated carbocycles. The number of nitro benzene ring substituents is 1. The zero-order valence-electron chi connectivity index (χ0n) is 29.1. The Morgan fingerprint density at radius 2 is 1.27 bits per heavy atom. The van der Waals surface area contributed by atoms with Crippen LogP contribution in [0.3, 0.4) is 0 Å². The monoisotopic (exact) mass is 658 g/mol. The summed E-state index contributed by atoms with van der Waals surface area (Å²) in [6, 6.07) is 23.2. The van der Waals surface area contributed by atoms with Crippen LogP contribution in [0.15, 0.2) is 84.0 Å². The number of Topliss-reactive ketones (excluding diaryl/α,β-unsaturated/α-hetero) is 1. The summed E-state index contributed by atoms with van der Waals surface area (Å²) in [5, 5.41) is 24.8. The van der Waals surface area contributed by atoms with Crippen LogP contribution in [-0.2, 0) is 5.41 Å². The Hall–Kier alpha value is -4.91. The van der Waals surface area contributed by atoms with Crippen molar-refractivity contribution in [3.63, 3.8) is 0 Å². The Balaban J connectivity index is 1.63. The van der Waals surface area contributed by atoms with Crippen LogP contribution in [0.1, 0.15) is 132 Å². The number of carbonyl (C=O) groups excluding carboxylic acids is 2. The highest BCUT2D eigenvalue weighted by molar-refractivity contribution is 6.51. The van der Waals surface area contributed by atoms with Crippen molar-refractivity contribution in [2.24, 2.45) is 5.16 Å². The zero-order chi connectivity index (χ0) is 35.1. The van der Waals surface area contributed by atoms with E-state index in [0.29, 0.717) is 22.3 Å². The van der Waals surface area contributed by atoms with Gasteiger partial charge in [0.25, 0.3) is 5.69 Å². The highest BCUT2D eigenvalue weighted by Gasteiger charge is 2.43. The van der Waals surface area contributed by atoms with Crippen molar-refractivity contribution >= 4 is 23.0 Å². The van der Waals surface area contributed by atoms with E-state index in [1.807, 2.05) is 68.4 Å². The largest absolute Gasteiger partial charge is 0.410 e. The molecule has 0 fully saturated rings. The molecule has 1 N–H and O–H groups in total. The summed E-state index contributed by atoms with van der Waals surface area (Å²) in [7, 11) is 0. The number of hydrogen-bond donors (Lipinski definition) is 1. The number of hydrogen-bond acceptors (Lipinski definition) is 6. The van der Waals surface area contributed by atoms with Gasteiger partial charge in [-0.15, -0.1) is 0 Å². The van der Waals surface area contributed by atoms with Gasteiger partial charge in [0.05, 0.1) is 4.92 Å². The van der Waals surface area contributed by atoms with Gasteiger partial charge in [-0.3, -0.25) is 19.7 Å². The van der Waals surface area contributed by atoms with Crippen molar-refractivity contribution in [1.29, 1.82) is 0 Å².